The number of sulfonamides is 1. The van der Waals surface area contributed by atoms with E-state index in [4.69, 9.17) is 9.47 Å². The zero-order valence-corrected chi connectivity index (χ0v) is 24.3. The van der Waals surface area contributed by atoms with Gasteiger partial charge in [0, 0.05) is 6.92 Å². The summed E-state index contributed by atoms with van der Waals surface area (Å²) >= 11 is 1.05. The first-order valence-corrected chi connectivity index (χ1v) is 14.5. The van der Waals surface area contributed by atoms with Crippen LogP contribution in [0.4, 0.5) is 29.3 Å². The summed E-state index contributed by atoms with van der Waals surface area (Å²) in [6.07, 6.45) is -7.68. The smallest absolute Gasteiger partial charge is 0.412 e. The van der Waals surface area contributed by atoms with Gasteiger partial charge in [0.2, 0.25) is 16.0 Å². The number of alkyl halides is 3. The average Bonchev–Trinajstić information content (AvgIpc) is 3.24. The molecule has 2 amide bonds. The van der Waals surface area contributed by atoms with Crippen molar-refractivity contribution in [2.24, 2.45) is 0 Å². The molecular weight excluding hydrogens is 577 g/mol. The molecule has 16 heteroatoms. The van der Waals surface area contributed by atoms with Crippen LogP contribution < -0.4 is 24.0 Å². The summed E-state index contributed by atoms with van der Waals surface area (Å²) < 4.78 is 82.2. The molecule has 222 valence electrons. The van der Waals surface area contributed by atoms with Gasteiger partial charge in [0.1, 0.15) is 17.4 Å². The minimum Gasteiger partial charge on any atom is -0.484 e. The number of carboxylic acid groups (broad SMARTS) is 1. The standard InChI is InChI=1S/C24H31F3N4O7S2/c1-7-19-29-20(21(39-19)37-13(2)3)40(35,36)30-12-16(11-28-14(4)32)38-18-9-8-15(10-17(18)30)31(22(33)34)23(5,6)24(25,26)27/h8-10,13,16H,7,11-12H2,1-6H3,(H,28,32)(H,33,34)/t16-/m0/s1. The molecule has 2 N–H and O–H groups in total. The van der Waals surface area contributed by atoms with Crippen molar-refractivity contribution >= 4 is 44.7 Å². The maximum Gasteiger partial charge on any atom is 0.412 e. The van der Waals surface area contributed by atoms with E-state index in [-0.39, 0.29) is 51.5 Å². The number of nitrogens with zero attached hydrogens (tertiary/aromatic N) is 3. The summed E-state index contributed by atoms with van der Waals surface area (Å²) in [5, 5.41) is 12.4. The molecule has 0 spiro atoms. The third-order valence-corrected chi connectivity index (χ3v) is 8.86. The number of fused-ring (bicyclic) bond motifs is 1. The van der Waals surface area contributed by atoms with E-state index >= 15 is 0 Å². The molecule has 1 aliphatic rings. The number of hydrogen-bond donors (Lipinski definition) is 2. The first-order valence-electron chi connectivity index (χ1n) is 12.2. The van der Waals surface area contributed by atoms with E-state index < -0.39 is 39.6 Å². The van der Waals surface area contributed by atoms with Crippen LogP contribution in [0.2, 0.25) is 0 Å². The third-order valence-electron chi connectivity index (χ3n) is 5.95. The number of carbonyl (C=O) groups excluding carboxylic acids is 1. The number of halogens is 3. The Labute approximate surface area is 233 Å². The van der Waals surface area contributed by atoms with E-state index in [2.05, 4.69) is 10.3 Å². The number of hydrogen-bond acceptors (Lipinski definition) is 8. The number of benzene rings is 1. The number of ether oxygens (including phenoxy) is 2. The lowest BCUT2D eigenvalue weighted by Gasteiger charge is -2.39. The summed E-state index contributed by atoms with van der Waals surface area (Å²) in [5.41, 5.74) is -3.48. The summed E-state index contributed by atoms with van der Waals surface area (Å²) in [5.74, 6) is -0.424. The lowest BCUT2D eigenvalue weighted by molar-refractivity contribution is -0.175. The van der Waals surface area contributed by atoms with Gasteiger partial charge in [0.15, 0.2) is 0 Å². The number of anilines is 2. The first kappa shape index (κ1) is 31.3. The van der Waals surface area contributed by atoms with Crippen LogP contribution in [0, 0.1) is 0 Å². The number of thiazole rings is 1. The largest absolute Gasteiger partial charge is 0.484 e. The summed E-state index contributed by atoms with van der Waals surface area (Å²) in [6.45, 7) is 7.47. The molecule has 0 saturated heterocycles. The molecule has 2 aromatic rings. The SMILES string of the molecule is CCc1nc(S(=O)(=O)N2C[C@H](CNC(C)=O)Oc3ccc(N(C(=O)O)C(C)(C)C(F)(F)F)cc32)c(OC(C)C)s1. The van der Waals surface area contributed by atoms with Crippen LogP contribution in [-0.2, 0) is 21.2 Å². The van der Waals surface area contributed by atoms with Gasteiger partial charge in [-0.25, -0.2) is 9.78 Å². The van der Waals surface area contributed by atoms with Crippen molar-refractivity contribution in [3.63, 3.8) is 0 Å². The highest BCUT2D eigenvalue weighted by Gasteiger charge is 2.54. The van der Waals surface area contributed by atoms with E-state index in [1.807, 2.05) is 0 Å². The van der Waals surface area contributed by atoms with Gasteiger partial charge < -0.3 is 19.9 Å². The predicted molar refractivity (Wildman–Crippen MR) is 142 cm³/mol. The molecule has 3 rings (SSSR count). The summed E-state index contributed by atoms with van der Waals surface area (Å²) in [7, 11) is -4.51. The molecule has 2 heterocycles. The molecule has 0 aliphatic carbocycles. The number of aryl methyl sites for hydroxylation is 1. The van der Waals surface area contributed by atoms with E-state index in [0.29, 0.717) is 25.3 Å². The molecule has 0 fully saturated rings. The Morgan fingerprint density at radius 2 is 1.98 bits per heavy atom. The van der Waals surface area contributed by atoms with E-state index in [1.54, 1.807) is 20.8 Å². The molecule has 0 bridgehead atoms. The van der Waals surface area contributed by atoms with Crippen LogP contribution in [-0.4, -0.2) is 67.5 Å². The monoisotopic (exact) mass is 608 g/mol. The maximum absolute atomic E-state index is 14.1. The Morgan fingerprint density at radius 1 is 1.32 bits per heavy atom. The quantitative estimate of drug-likeness (QED) is 0.427. The van der Waals surface area contributed by atoms with Gasteiger partial charge in [0.05, 0.1) is 35.6 Å². The van der Waals surface area contributed by atoms with Gasteiger partial charge in [-0.05, 0) is 52.3 Å². The molecule has 40 heavy (non-hydrogen) atoms. The fraction of sp³-hybridized carbons (Fsp3) is 0.542. The van der Waals surface area contributed by atoms with Gasteiger partial charge in [-0.3, -0.25) is 14.0 Å². The van der Waals surface area contributed by atoms with Crippen molar-refractivity contribution < 1.29 is 45.8 Å². The fourth-order valence-electron chi connectivity index (χ4n) is 3.87. The Balaban J connectivity index is 2.21. The second kappa shape index (κ2) is 11.3. The normalized spacial score (nSPS) is 15.8. The Hall–Kier alpha value is -3.27. The van der Waals surface area contributed by atoms with Crippen molar-refractivity contribution in [1.82, 2.24) is 10.3 Å². The van der Waals surface area contributed by atoms with Gasteiger partial charge in [-0.2, -0.15) is 21.6 Å². The molecule has 11 nitrogen and oxygen atoms in total. The van der Waals surface area contributed by atoms with Crippen molar-refractivity contribution in [2.45, 2.75) is 76.9 Å². The molecule has 1 aliphatic heterocycles. The van der Waals surface area contributed by atoms with Crippen LogP contribution in [0.25, 0.3) is 0 Å². The second-order valence-corrected chi connectivity index (χ2v) is 12.6. The van der Waals surface area contributed by atoms with Crippen LogP contribution in [0.3, 0.4) is 0 Å². The highest BCUT2D eigenvalue weighted by atomic mass is 32.2. The van der Waals surface area contributed by atoms with Crippen LogP contribution in [0.5, 0.6) is 10.8 Å². The zero-order valence-electron chi connectivity index (χ0n) is 22.7. The number of nitrogens with one attached hydrogen (secondary N) is 1. The molecular formula is C24H31F3N4O7S2. The van der Waals surface area contributed by atoms with E-state index in [1.165, 1.54) is 13.0 Å². The van der Waals surface area contributed by atoms with Crippen molar-refractivity contribution in [2.75, 3.05) is 22.3 Å². The van der Waals surface area contributed by atoms with Gasteiger partial charge in [-0.1, -0.05) is 18.3 Å². The average molecular weight is 609 g/mol. The highest BCUT2D eigenvalue weighted by Crippen LogP contribution is 2.45. The van der Waals surface area contributed by atoms with Gasteiger partial charge >= 0.3 is 12.3 Å². The van der Waals surface area contributed by atoms with E-state index in [9.17, 15) is 36.3 Å². The van der Waals surface area contributed by atoms with Crippen molar-refractivity contribution in [3.05, 3.63) is 23.2 Å². The molecule has 0 saturated carbocycles. The van der Waals surface area contributed by atoms with E-state index in [0.717, 1.165) is 27.8 Å². The van der Waals surface area contributed by atoms with Crippen LogP contribution in [0.1, 0.15) is 46.6 Å². The predicted octanol–water partition coefficient (Wildman–Crippen LogP) is 4.41. The van der Waals surface area contributed by atoms with Crippen LogP contribution >= 0.6 is 11.3 Å². The Kier molecular flexibility index (Phi) is 8.84. The number of amides is 2. The molecule has 1 aromatic carbocycles. The Bertz CT molecular complexity index is 1380. The Morgan fingerprint density at radius 3 is 2.50 bits per heavy atom. The lowest BCUT2D eigenvalue weighted by atomic mass is 10.0. The lowest BCUT2D eigenvalue weighted by Crippen LogP contribution is -2.57. The number of carbonyl (C=O) groups is 2. The van der Waals surface area contributed by atoms with Gasteiger partial charge in [-0.15, -0.1) is 0 Å². The number of aromatic nitrogens is 1. The molecule has 1 aromatic heterocycles. The van der Waals surface area contributed by atoms with Crippen molar-refractivity contribution in [3.8, 4) is 10.8 Å². The van der Waals surface area contributed by atoms with Crippen molar-refractivity contribution in [1.29, 1.82) is 0 Å². The van der Waals surface area contributed by atoms with Crippen LogP contribution in [0.15, 0.2) is 23.2 Å². The summed E-state index contributed by atoms with van der Waals surface area (Å²) in [6, 6.07) is 3.30. The topological polar surface area (TPSA) is 138 Å². The molecule has 0 unspecified atom stereocenters. The highest BCUT2D eigenvalue weighted by molar-refractivity contribution is 7.93. The first-order chi connectivity index (χ1) is 18.4. The minimum absolute atomic E-state index is 0.0404. The van der Waals surface area contributed by atoms with Gasteiger partial charge in [0.25, 0.3) is 10.0 Å². The third kappa shape index (κ3) is 6.22. The zero-order chi connectivity index (χ0) is 30.2. The minimum atomic E-state index is -4.95. The maximum atomic E-state index is 14.1. The summed E-state index contributed by atoms with van der Waals surface area (Å²) in [4.78, 5) is 27.9. The molecule has 0 radical (unpaired) electrons. The second-order valence-electron chi connectivity index (χ2n) is 9.76. The fourth-order valence-corrected chi connectivity index (χ4v) is 6.69. The molecule has 1 atom stereocenters. The number of rotatable bonds is 9.